The molecule has 2 heteroatoms. The molecule has 0 atom stereocenters. The monoisotopic (exact) mass is 753 g/mol. The second-order valence-corrected chi connectivity index (χ2v) is 16.5. The molecule has 278 valence electrons. The molecule has 59 heavy (non-hydrogen) atoms. The summed E-state index contributed by atoms with van der Waals surface area (Å²) in [6.07, 6.45) is 0. The lowest BCUT2D eigenvalue weighted by Gasteiger charge is -2.30. The molecule has 0 saturated heterocycles. The van der Waals surface area contributed by atoms with Crippen LogP contribution in [0.3, 0.4) is 0 Å². The Morgan fingerprint density at radius 2 is 0.966 bits per heavy atom. The van der Waals surface area contributed by atoms with Gasteiger partial charge in [-0.25, -0.2) is 0 Å². The van der Waals surface area contributed by atoms with Gasteiger partial charge in [0.2, 0.25) is 0 Å². The number of para-hydroxylation sites is 1. The van der Waals surface area contributed by atoms with Crippen LogP contribution in [0.4, 0.5) is 17.1 Å². The van der Waals surface area contributed by atoms with Crippen molar-refractivity contribution < 1.29 is 4.42 Å². The van der Waals surface area contributed by atoms with Crippen molar-refractivity contribution in [1.29, 1.82) is 0 Å². The smallest absolute Gasteiger partial charge is 0.136 e. The van der Waals surface area contributed by atoms with Crippen LogP contribution in [0, 0.1) is 0 Å². The first-order valence-electron chi connectivity index (χ1n) is 20.5. The first-order chi connectivity index (χ1) is 29.0. The quantitative estimate of drug-likeness (QED) is 0.174. The molecule has 0 N–H and O–H groups in total. The molecule has 1 aromatic heterocycles. The van der Waals surface area contributed by atoms with Gasteiger partial charge in [-0.05, 0) is 138 Å². The summed E-state index contributed by atoms with van der Waals surface area (Å²) in [6, 6.07) is 73.5. The molecule has 12 rings (SSSR count). The number of rotatable bonds is 5. The Balaban J connectivity index is 1.06. The molecule has 0 amide bonds. The summed E-state index contributed by atoms with van der Waals surface area (Å²) >= 11 is 0. The maximum Gasteiger partial charge on any atom is 0.136 e. The minimum absolute atomic E-state index is 0.180. The summed E-state index contributed by atoms with van der Waals surface area (Å²) in [5.74, 6) is 0. The topological polar surface area (TPSA) is 16.4 Å². The molecule has 10 aromatic carbocycles. The molecule has 1 heterocycles. The first kappa shape index (κ1) is 33.7. The van der Waals surface area contributed by atoms with E-state index in [1.807, 2.05) is 12.1 Å². The van der Waals surface area contributed by atoms with Crippen LogP contribution in [0.2, 0.25) is 0 Å². The van der Waals surface area contributed by atoms with Gasteiger partial charge in [0.15, 0.2) is 0 Å². The second kappa shape index (κ2) is 12.8. The fraction of sp³-hybridized carbons (Fsp3) is 0.0526. The summed E-state index contributed by atoms with van der Waals surface area (Å²) in [5.41, 5.74) is 15.0. The van der Waals surface area contributed by atoms with Gasteiger partial charge in [-0.3, -0.25) is 0 Å². The third kappa shape index (κ3) is 5.26. The van der Waals surface area contributed by atoms with Crippen molar-refractivity contribution in [2.45, 2.75) is 19.3 Å². The maximum atomic E-state index is 6.30. The molecular weight excluding hydrogens is 715 g/mol. The zero-order chi connectivity index (χ0) is 39.2. The Labute approximate surface area is 343 Å². The highest BCUT2D eigenvalue weighted by atomic mass is 16.3. The SMILES string of the molecule is CC1(C)c2cc(N(c3ccc(-c4ccc5c(c4)oc4ccccc45)cc3)c3ccc4ccccc4c3-c3ccc4ccccc4c3)ccc2-c2cc3ccccc3cc21. The molecule has 0 radical (unpaired) electrons. The van der Waals surface area contributed by atoms with E-state index in [9.17, 15) is 0 Å². The Hall–Kier alpha value is -7.42. The molecule has 2 nitrogen and oxygen atoms in total. The fourth-order valence-electron chi connectivity index (χ4n) is 9.78. The average Bonchev–Trinajstić information content (AvgIpc) is 3.76. The highest BCUT2D eigenvalue weighted by Gasteiger charge is 2.36. The lowest BCUT2D eigenvalue weighted by atomic mass is 9.81. The van der Waals surface area contributed by atoms with E-state index in [4.69, 9.17) is 4.42 Å². The Morgan fingerprint density at radius 3 is 1.78 bits per heavy atom. The number of anilines is 3. The maximum absolute atomic E-state index is 6.30. The van der Waals surface area contributed by atoms with Gasteiger partial charge in [-0.15, -0.1) is 0 Å². The summed E-state index contributed by atoms with van der Waals surface area (Å²) in [7, 11) is 0. The van der Waals surface area contributed by atoms with Crippen molar-refractivity contribution in [3.8, 4) is 33.4 Å². The molecule has 0 fully saturated rings. The largest absolute Gasteiger partial charge is 0.456 e. The van der Waals surface area contributed by atoms with Gasteiger partial charge < -0.3 is 9.32 Å². The molecule has 1 aliphatic carbocycles. The van der Waals surface area contributed by atoms with E-state index in [2.05, 4.69) is 207 Å². The molecule has 0 saturated carbocycles. The number of hydrogen-bond acceptors (Lipinski definition) is 2. The molecule has 0 spiro atoms. The van der Waals surface area contributed by atoms with Crippen molar-refractivity contribution in [1.82, 2.24) is 0 Å². The Bertz CT molecular complexity index is 3480. The van der Waals surface area contributed by atoms with Gasteiger partial charge in [0.1, 0.15) is 11.2 Å². The number of fused-ring (bicyclic) bond motifs is 9. The minimum atomic E-state index is -0.180. The van der Waals surface area contributed by atoms with E-state index in [0.29, 0.717) is 0 Å². The van der Waals surface area contributed by atoms with Crippen LogP contribution in [-0.2, 0) is 5.41 Å². The summed E-state index contributed by atoms with van der Waals surface area (Å²) in [6.45, 7) is 4.76. The molecule has 0 bridgehead atoms. The van der Waals surface area contributed by atoms with Gasteiger partial charge in [0.05, 0.1) is 5.69 Å². The van der Waals surface area contributed by atoms with Gasteiger partial charge in [0.25, 0.3) is 0 Å². The van der Waals surface area contributed by atoms with Crippen LogP contribution in [0.5, 0.6) is 0 Å². The van der Waals surface area contributed by atoms with Crippen LogP contribution >= 0.6 is 0 Å². The zero-order valence-corrected chi connectivity index (χ0v) is 32.9. The number of furan rings is 1. The summed E-state index contributed by atoms with van der Waals surface area (Å²) < 4.78 is 6.30. The summed E-state index contributed by atoms with van der Waals surface area (Å²) in [4.78, 5) is 2.47. The normalized spacial score (nSPS) is 13.1. The zero-order valence-electron chi connectivity index (χ0n) is 32.9. The average molecular weight is 754 g/mol. The van der Waals surface area contributed by atoms with Gasteiger partial charge in [-0.2, -0.15) is 0 Å². The molecule has 0 aliphatic heterocycles. The predicted octanol–water partition coefficient (Wildman–Crippen LogP) is 16.2. The van der Waals surface area contributed by atoms with Crippen molar-refractivity contribution in [3.63, 3.8) is 0 Å². The van der Waals surface area contributed by atoms with Gasteiger partial charge in [0, 0.05) is 33.1 Å². The Kier molecular flexibility index (Phi) is 7.31. The van der Waals surface area contributed by atoms with E-state index in [-0.39, 0.29) is 5.41 Å². The predicted molar refractivity (Wildman–Crippen MR) is 249 cm³/mol. The number of nitrogens with zero attached hydrogens (tertiary/aromatic N) is 1. The molecule has 0 unspecified atom stereocenters. The van der Waals surface area contributed by atoms with Gasteiger partial charge in [-0.1, -0.05) is 147 Å². The van der Waals surface area contributed by atoms with E-state index in [1.165, 1.54) is 65.7 Å². The van der Waals surface area contributed by atoms with Crippen LogP contribution in [0.25, 0.3) is 87.6 Å². The van der Waals surface area contributed by atoms with E-state index in [0.717, 1.165) is 50.1 Å². The van der Waals surface area contributed by atoms with Crippen LogP contribution in [0.15, 0.2) is 205 Å². The molecular formula is C57H39NO. The number of hydrogen-bond donors (Lipinski definition) is 0. The van der Waals surface area contributed by atoms with Crippen molar-refractivity contribution >= 4 is 71.3 Å². The molecule has 11 aromatic rings. The van der Waals surface area contributed by atoms with Gasteiger partial charge >= 0.3 is 0 Å². The van der Waals surface area contributed by atoms with Crippen molar-refractivity contribution in [2.24, 2.45) is 0 Å². The summed E-state index contributed by atoms with van der Waals surface area (Å²) in [5, 5.41) is 9.74. The van der Waals surface area contributed by atoms with Crippen LogP contribution in [0.1, 0.15) is 25.0 Å². The van der Waals surface area contributed by atoms with Crippen molar-refractivity contribution in [3.05, 3.63) is 211 Å². The second-order valence-electron chi connectivity index (χ2n) is 16.5. The standard InChI is InChI=1S/C57H39NO/c1-57(2)51-33-41-15-6-5-14-40(41)32-50(51)47-29-27-45(35-52(47)57)58(44-25-21-37(22-26-44)42-23-28-49-48-17-9-10-18-54(48)59-55(49)34-42)53-30-24-38-12-7-8-16-46(38)56(53)43-20-19-36-11-3-4-13-39(36)31-43/h3-35H,1-2H3. The third-order valence-electron chi connectivity index (χ3n) is 12.8. The highest BCUT2D eigenvalue weighted by Crippen LogP contribution is 2.53. The van der Waals surface area contributed by atoms with Crippen LogP contribution < -0.4 is 4.90 Å². The fourth-order valence-corrected chi connectivity index (χ4v) is 9.78. The lowest BCUT2D eigenvalue weighted by molar-refractivity contribution is 0.661. The highest BCUT2D eigenvalue weighted by molar-refractivity contribution is 6.08. The van der Waals surface area contributed by atoms with Crippen LogP contribution in [-0.4, -0.2) is 0 Å². The first-order valence-corrected chi connectivity index (χ1v) is 20.5. The lowest BCUT2D eigenvalue weighted by Crippen LogP contribution is -2.17. The molecule has 1 aliphatic rings. The van der Waals surface area contributed by atoms with Crippen molar-refractivity contribution in [2.75, 3.05) is 4.90 Å². The van der Waals surface area contributed by atoms with E-state index >= 15 is 0 Å². The third-order valence-corrected chi connectivity index (χ3v) is 12.8. The van der Waals surface area contributed by atoms with E-state index in [1.54, 1.807) is 0 Å². The minimum Gasteiger partial charge on any atom is -0.456 e. The number of benzene rings is 10. The Morgan fingerprint density at radius 1 is 0.373 bits per heavy atom. The van der Waals surface area contributed by atoms with E-state index < -0.39 is 0 Å².